The number of hydrogen-bond donors (Lipinski definition) is 0. The highest BCUT2D eigenvalue weighted by atomic mass is 16.5. The Morgan fingerprint density at radius 3 is 2.24 bits per heavy atom. The Bertz CT molecular complexity index is 1180. The molecule has 0 spiro atoms. The molecule has 2 aromatic carbocycles. The van der Waals surface area contributed by atoms with Crippen LogP contribution in [-0.4, -0.2) is 49.5 Å². The smallest absolute Gasteiger partial charge is 0.309 e. The Kier molecular flexibility index (Phi) is 8.61. The van der Waals surface area contributed by atoms with Crippen LogP contribution in [0.2, 0.25) is 0 Å². The topological polar surface area (TPSA) is 89.3 Å². The van der Waals surface area contributed by atoms with E-state index >= 15 is 0 Å². The molecule has 8 heteroatoms. The van der Waals surface area contributed by atoms with Gasteiger partial charge in [0.1, 0.15) is 5.75 Å². The number of nitrogens with zero attached hydrogens (tertiary/aromatic N) is 2. The molecule has 37 heavy (non-hydrogen) atoms. The molecule has 1 aliphatic rings. The summed E-state index contributed by atoms with van der Waals surface area (Å²) in [5, 5.41) is 0. The number of likely N-dealkylation sites (tertiary alicyclic amines) is 1. The van der Waals surface area contributed by atoms with E-state index in [9.17, 15) is 14.4 Å². The first-order valence-electron chi connectivity index (χ1n) is 12.5. The number of ether oxygens (including phenoxy) is 2. The number of anilines is 1. The van der Waals surface area contributed by atoms with Crippen molar-refractivity contribution in [2.45, 2.75) is 32.7 Å². The minimum Gasteiger partial charge on any atom is -0.497 e. The summed E-state index contributed by atoms with van der Waals surface area (Å²) in [6.07, 6.45) is 2.98. The van der Waals surface area contributed by atoms with E-state index < -0.39 is 0 Å². The summed E-state index contributed by atoms with van der Waals surface area (Å²) in [4.78, 5) is 41.5. The van der Waals surface area contributed by atoms with Gasteiger partial charge in [-0.05, 0) is 67.3 Å². The molecule has 1 aromatic heterocycles. The quantitative estimate of drug-likeness (QED) is 0.399. The summed E-state index contributed by atoms with van der Waals surface area (Å²) in [6.45, 7) is 3.62. The Morgan fingerprint density at radius 1 is 0.973 bits per heavy atom. The molecule has 1 fully saturated rings. The molecule has 4 rings (SSSR count). The third kappa shape index (κ3) is 6.58. The molecule has 194 valence electrons. The third-order valence-corrected chi connectivity index (χ3v) is 6.55. The predicted octanol–water partition coefficient (Wildman–Crippen LogP) is 4.48. The molecule has 0 saturated carbocycles. The number of piperidine rings is 1. The van der Waals surface area contributed by atoms with Crippen molar-refractivity contribution in [3.63, 3.8) is 0 Å². The van der Waals surface area contributed by atoms with Gasteiger partial charge in [-0.1, -0.05) is 24.3 Å². The van der Waals surface area contributed by atoms with Crippen LogP contribution in [-0.2, 0) is 27.3 Å². The zero-order valence-electron chi connectivity index (χ0n) is 21.2. The van der Waals surface area contributed by atoms with Gasteiger partial charge in [0.15, 0.2) is 5.76 Å². The van der Waals surface area contributed by atoms with Crippen LogP contribution in [0.15, 0.2) is 71.3 Å². The van der Waals surface area contributed by atoms with E-state index in [0.717, 1.165) is 16.9 Å². The summed E-state index contributed by atoms with van der Waals surface area (Å²) in [5.41, 5.74) is 2.49. The number of esters is 1. The van der Waals surface area contributed by atoms with E-state index in [1.54, 1.807) is 36.0 Å². The average Bonchev–Trinajstić information content (AvgIpc) is 3.48. The number of hydrogen-bond acceptors (Lipinski definition) is 6. The van der Waals surface area contributed by atoms with Crippen molar-refractivity contribution in [1.29, 1.82) is 0 Å². The van der Waals surface area contributed by atoms with Gasteiger partial charge in [-0.2, -0.15) is 0 Å². The SMILES string of the molecule is CCOC(=O)C1CCN(C(=O)Cc2ccc(N(Cc3ccc(OC)cc3)C(=O)c3ccco3)cc2)CC1. The van der Waals surface area contributed by atoms with Gasteiger partial charge >= 0.3 is 5.97 Å². The monoisotopic (exact) mass is 504 g/mol. The molecular weight excluding hydrogens is 472 g/mol. The highest BCUT2D eigenvalue weighted by Gasteiger charge is 2.28. The van der Waals surface area contributed by atoms with Crippen LogP contribution in [0, 0.1) is 5.92 Å². The van der Waals surface area contributed by atoms with Gasteiger partial charge < -0.3 is 23.7 Å². The fraction of sp³-hybridized carbons (Fsp3) is 0.345. The van der Waals surface area contributed by atoms with Crippen LogP contribution in [0.1, 0.15) is 41.4 Å². The highest BCUT2D eigenvalue weighted by Crippen LogP contribution is 2.24. The molecule has 0 aliphatic carbocycles. The second kappa shape index (κ2) is 12.3. The van der Waals surface area contributed by atoms with Gasteiger partial charge in [-0.15, -0.1) is 0 Å². The molecule has 2 amide bonds. The molecule has 0 bridgehead atoms. The van der Waals surface area contributed by atoms with Crippen molar-refractivity contribution in [1.82, 2.24) is 4.90 Å². The van der Waals surface area contributed by atoms with Gasteiger partial charge in [0, 0.05) is 18.8 Å². The normalized spacial score (nSPS) is 13.7. The van der Waals surface area contributed by atoms with E-state index in [1.807, 2.05) is 48.5 Å². The van der Waals surface area contributed by atoms with Crippen molar-refractivity contribution in [2.75, 3.05) is 31.7 Å². The molecule has 0 N–H and O–H groups in total. The maximum absolute atomic E-state index is 13.2. The van der Waals surface area contributed by atoms with Gasteiger partial charge in [-0.3, -0.25) is 14.4 Å². The second-order valence-electron chi connectivity index (χ2n) is 8.97. The number of methoxy groups -OCH3 is 1. The van der Waals surface area contributed by atoms with Crippen LogP contribution in [0.5, 0.6) is 5.75 Å². The molecule has 0 unspecified atom stereocenters. The van der Waals surface area contributed by atoms with Crippen molar-refractivity contribution >= 4 is 23.5 Å². The van der Waals surface area contributed by atoms with E-state index in [-0.39, 0.29) is 35.9 Å². The zero-order chi connectivity index (χ0) is 26.2. The van der Waals surface area contributed by atoms with E-state index in [0.29, 0.717) is 44.8 Å². The highest BCUT2D eigenvalue weighted by molar-refractivity contribution is 6.04. The van der Waals surface area contributed by atoms with Gasteiger partial charge in [0.05, 0.1) is 38.9 Å². The van der Waals surface area contributed by atoms with E-state index in [2.05, 4.69) is 0 Å². The summed E-state index contributed by atoms with van der Waals surface area (Å²) in [6, 6.07) is 18.3. The summed E-state index contributed by atoms with van der Waals surface area (Å²) in [5.74, 6) is 0.455. The fourth-order valence-corrected chi connectivity index (χ4v) is 4.43. The molecule has 3 aromatic rings. The summed E-state index contributed by atoms with van der Waals surface area (Å²) >= 11 is 0. The largest absolute Gasteiger partial charge is 0.497 e. The number of rotatable bonds is 9. The van der Waals surface area contributed by atoms with Crippen molar-refractivity contribution < 1.29 is 28.3 Å². The number of carbonyl (C=O) groups is 3. The maximum atomic E-state index is 13.2. The Labute approximate surface area is 216 Å². The average molecular weight is 505 g/mol. The second-order valence-corrected chi connectivity index (χ2v) is 8.97. The number of amides is 2. The zero-order valence-corrected chi connectivity index (χ0v) is 21.2. The van der Waals surface area contributed by atoms with Crippen LogP contribution in [0.25, 0.3) is 0 Å². The lowest BCUT2D eigenvalue weighted by atomic mass is 9.96. The molecule has 0 radical (unpaired) electrons. The molecule has 8 nitrogen and oxygen atoms in total. The lowest BCUT2D eigenvalue weighted by molar-refractivity contribution is -0.151. The summed E-state index contributed by atoms with van der Waals surface area (Å²) in [7, 11) is 1.61. The number of benzene rings is 2. The maximum Gasteiger partial charge on any atom is 0.309 e. The van der Waals surface area contributed by atoms with Gasteiger partial charge in [0.25, 0.3) is 5.91 Å². The molecule has 1 saturated heterocycles. The molecule has 2 heterocycles. The Balaban J connectivity index is 1.42. The third-order valence-electron chi connectivity index (χ3n) is 6.55. The van der Waals surface area contributed by atoms with Crippen LogP contribution in [0.3, 0.4) is 0 Å². The summed E-state index contributed by atoms with van der Waals surface area (Å²) < 4.78 is 15.7. The number of carbonyl (C=O) groups excluding carboxylic acids is 3. The minimum atomic E-state index is -0.255. The lowest BCUT2D eigenvalue weighted by Gasteiger charge is -2.31. The van der Waals surface area contributed by atoms with Crippen LogP contribution >= 0.6 is 0 Å². The van der Waals surface area contributed by atoms with E-state index in [4.69, 9.17) is 13.9 Å². The molecular formula is C29H32N2O6. The van der Waals surface area contributed by atoms with Crippen LogP contribution < -0.4 is 9.64 Å². The predicted molar refractivity (Wildman–Crippen MR) is 138 cm³/mol. The van der Waals surface area contributed by atoms with Crippen LogP contribution in [0.4, 0.5) is 5.69 Å². The van der Waals surface area contributed by atoms with Crippen molar-refractivity contribution in [3.8, 4) is 5.75 Å². The minimum absolute atomic E-state index is 0.0248. The van der Waals surface area contributed by atoms with E-state index in [1.165, 1.54) is 6.26 Å². The van der Waals surface area contributed by atoms with Crippen molar-refractivity contribution in [3.05, 3.63) is 83.8 Å². The Hall–Kier alpha value is -4.07. The molecule has 1 aliphatic heterocycles. The lowest BCUT2D eigenvalue weighted by Crippen LogP contribution is -2.41. The van der Waals surface area contributed by atoms with Gasteiger partial charge in [0.2, 0.25) is 5.91 Å². The van der Waals surface area contributed by atoms with Crippen molar-refractivity contribution in [2.24, 2.45) is 5.92 Å². The first-order valence-corrected chi connectivity index (χ1v) is 12.5. The number of furan rings is 1. The fourth-order valence-electron chi connectivity index (χ4n) is 4.43. The van der Waals surface area contributed by atoms with Gasteiger partial charge in [-0.25, -0.2) is 0 Å². The first kappa shape index (κ1) is 26.0. The molecule has 0 atom stereocenters. The standard InChI is InChI=1S/C29H32N2O6/c1-3-36-29(34)23-14-16-30(17-15-23)27(32)19-21-6-10-24(11-7-21)31(28(33)26-5-4-18-37-26)20-22-8-12-25(35-2)13-9-22/h4-13,18,23H,3,14-17,19-20H2,1-2H3. The Morgan fingerprint density at radius 2 is 1.65 bits per heavy atom. The first-order chi connectivity index (χ1) is 18.0.